The van der Waals surface area contributed by atoms with Crippen molar-refractivity contribution in [2.75, 3.05) is 6.54 Å². The van der Waals surface area contributed by atoms with Gasteiger partial charge in [0.1, 0.15) is 18.4 Å². The van der Waals surface area contributed by atoms with E-state index in [4.69, 9.17) is 11.7 Å². The van der Waals surface area contributed by atoms with Gasteiger partial charge in [-0.1, -0.05) is 5.92 Å². The Morgan fingerprint density at radius 3 is 3.13 bits per heavy atom. The molecule has 0 radical (unpaired) electrons. The third kappa shape index (κ3) is 2.55. The van der Waals surface area contributed by atoms with Crippen molar-refractivity contribution in [3.05, 3.63) is 12.2 Å². The number of carbonyl (C=O) groups is 1. The topological polar surface area (TPSA) is 83.6 Å². The molecule has 1 atom stereocenters. The number of hydrogen-bond donors (Lipinski definition) is 1. The van der Waals surface area contributed by atoms with Crippen molar-refractivity contribution < 1.29 is 4.79 Å². The van der Waals surface area contributed by atoms with E-state index in [2.05, 4.69) is 21.3 Å². The van der Waals surface area contributed by atoms with E-state index in [1.807, 2.05) is 0 Å². The lowest BCUT2D eigenvalue weighted by Gasteiger charge is -2.09. The molecule has 1 amide bonds. The number of amides is 1. The Labute approximate surface area is 86.9 Å². The summed E-state index contributed by atoms with van der Waals surface area (Å²) in [5, 5.41) is 14.8. The van der Waals surface area contributed by atoms with Crippen molar-refractivity contribution in [2.24, 2.45) is 0 Å². The van der Waals surface area contributed by atoms with Gasteiger partial charge in [-0.05, 0) is 6.92 Å². The van der Waals surface area contributed by atoms with Crippen LogP contribution in [-0.4, -0.2) is 27.2 Å². The van der Waals surface area contributed by atoms with Crippen LogP contribution in [0.5, 0.6) is 0 Å². The van der Waals surface area contributed by atoms with Gasteiger partial charge in [0, 0.05) is 0 Å². The van der Waals surface area contributed by atoms with Crippen LogP contribution in [-0.2, 0) is 4.79 Å². The Morgan fingerprint density at radius 1 is 1.87 bits per heavy atom. The molecule has 0 fully saturated rings. The number of terminal acetylenes is 1. The molecule has 0 saturated carbocycles. The molecule has 0 aliphatic heterocycles. The lowest BCUT2D eigenvalue weighted by Crippen LogP contribution is -2.31. The molecular formula is C9H9N5O. The fourth-order valence-electron chi connectivity index (χ4n) is 0.919. The lowest BCUT2D eigenvalue weighted by atomic mass is 10.3. The van der Waals surface area contributed by atoms with Crippen molar-refractivity contribution in [3.63, 3.8) is 0 Å². The van der Waals surface area contributed by atoms with Gasteiger partial charge in [0.2, 0.25) is 5.91 Å². The number of nitrogens with one attached hydrogen (secondary N) is 1. The smallest absolute Gasteiger partial charge is 0.252 e. The first kappa shape index (κ1) is 10.7. The van der Waals surface area contributed by atoms with Gasteiger partial charge in [0.25, 0.3) is 5.82 Å². The van der Waals surface area contributed by atoms with Gasteiger partial charge < -0.3 is 5.32 Å². The average molecular weight is 203 g/mol. The summed E-state index contributed by atoms with van der Waals surface area (Å²) in [4.78, 5) is 15.1. The highest BCUT2D eigenvalue weighted by molar-refractivity contribution is 5.79. The van der Waals surface area contributed by atoms with E-state index < -0.39 is 6.04 Å². The predicted octanol–water partition coefficient (Wildman–Crippen LogP) is -0.540. The highest BCUT2D eigenvalue weighted by Crippen LogP contribution is 2.02. The second-order valence-electron chi connectivity index (χ2n) is 2.76. The van der Waals surface area contributed by atoms with Gasteiger partial charge in [-0.15, -0.1) is 11.5 Å². The zero-order chi connectivity index (χ0) is 11.3. The van der Waals surface area contributed by atoms with Crippen molar-refractivity contribution in [2.45, 2.75) is 13.0 Å². The molecular weight excluding hydrogens is 194 g/mol. The van der Waals surface area contributed by atoms with Crippen molar-refractivity contribution in [1.82, 2.24) is 20.1 Å². The Balaban J connectivity index is 2.69. The molecule has 6 nitrogen and oxygen atoms in total. The fourth-order valence-corrected chi connectivity index (χ4v) is 0.919. The average Bonchev–Trinajstić information content (AvgIpc) is 2.73. The highest BCUT2D eigenvalue weighted by atomic mass is 16.2. The van der Waals surface area contributed by atoms with Gasteiger partial charge in [0.15, 0.2) is 0 Å². The second-order valence-corrected chi connectivity index (χ2v) is 2.76. The number of nitrogens with zero attached hydrogens (tertiary/aromatic N) is 4. The first-order valence-corrected chi connectivity index (χ1v) is 4.21. The summed E-state index contributed by atoms with van der Waals surface area (Å²) < 4.78 is 1.31. The summed E-state index contributed by atoms with van der Waals surface area (Å²) in [7, 11) is 0. The molecule has 1 unspecified atom stereocenters. The summed E-state index contributed by atoms with van der Waals surface area (Å²) in [5.74, 6) is 2.06. The molecule has 0 aromatic carbocycles. The van der Waals surface area contributed by atoms with Crippen LogP contribution in [0.4, 0.5) is 0 Å². The van der Waals surface area contributed by atoms with Gasteiger partial charge >= 0.3 is 0 Å². The molecule has 0 spiro atoms. The lowest BCUT2D eigenvalue weighted by molar-refractivity contribution is -0.123. The standard InChI is InChI=1S/C9H9N5O/c1-3-4-11-9(15)7(2)14-6-12-8(5-10)13-14/h1,6-7H,4H2,2H3,(H,11,15). The van der Waals surface area contributed by atoms with Crippen LogP contribution < -0.4 is 5.32 Å². The Bertz CT molecular complexity index is 436. The zero-order valence-electron chi connectivity index (χ0n) is 8.14. The molecule has 1 heterocycles. The van der Waals surface area contributed by atoms with Gasteiger partial charge in [-0.3, -0.25) is 4.79 Å². The molecule has 76 valence electrons. The van der Waals surface area contributed by atoms with Crippen LogP contribution in [0.2, 0.25) is 0 Å². The van der Waals surface area contributed by atoms with E-state index in [9.17, 15) is 4.79 Å². The van der Waals surface area contributed by atoms with Crippen LogP contribution in [0.3, 0.4) is 0 Å². The number of nitriles is 1. The first-order valence-electron chi connectivity index (χ1n) is 4.21. The Kier molecular flexibility index (Phi) is 3.42. The Hall–Kier alpha value is -2.34. The molecule has 15 heavy (non-hydrogen) atoms. The molecule has 1 aromatic heterocycles. The quantitative estimate of drug-likeness (QED) is 0.669. The summed E-state index contributed by atoms with van der Waals surface area (Å²) in [5.41, 5.74) is 0. The van der Waals surface area contributed by atoms with E-state index in [1.54, 1.807) is 13.0 Å². The van der Waals surface area contributed by atoms with E-state index in [0.29, 0.717) is 0 Å². The molecule has 0 saturated heterocycles. The SMILES string of the molecule is C#CCNC(=O)C(C)n1cnc(C#N)n1. The number of hydrogen-bond acceptors (Lipinski definition) is 4. The minimum absolute atomic E-state index is 0.0339. The maximum Gasteiger partial charge on any atom is 0.252 e. The summed E-state index contributed by atoms with van der Waals surface area (Å²) in [6, 6.07) is 1.24. The number of carbonyl (C=O) groups excluding carboxylic acids is 1. The van der Waals surface area contributed by atoms with Crippen LogP contribution in [0.25, 0.3) is 0 Å². The third-order valence-corrected chi connectivity index (χ3v) is 1.75. The highest BCUT2D eigenvalue weighted by Gasteiger charge is 2.15. The van der Waals surface area contributed by atoms with Crippen LogP contribution >= 0.6 is 0 Å². The largest absolute Gasteiger partial charge is 0.343 e. The minimum atomic E-state index is -0.534. The molecule has 1 rings (SSSR count). The van der Waals surface area contributed by atoms with E-state index >= 15 is 0 Å². The van der Waals surface area contributed by atoms with Crippen LogP contribution in [0.15, 0.2) is 6.33 Å². The second kappa shape index (κ2) is 4.77. The monoisotopic (exact) mass is 203 g/mol. The van der Waals surface area contributed by atoms with Crippen LogP contribution in [0, 0.1) is 23.7 Å². The van der Waals surface area contributed by atoms with Crippen LogP contribution in [0.1, 0.15) is 18.8 Å². The molecule has 1 aromatic rings. The molecule has 0 aliphatic carbocycles. The van der Waals surface area contributed by atoms with Gasteiger partial charge in [-0.2, -0.15) is 5.26 Å². The van der Waals surface area contributed by atoms with E-state index in [1.165, 1.54) is 11.0 Å². The Morgan fingerprint density at radius 2 is 2.60 bits per heavy atom. The molecule has 0 bridgehead atoms. The summed E-state index contributed by atoms with van der Waals surface area (Å²) in [6.45, 7) is 1.81. The molecule has 6 heteroatoms. The maximum absolute atomic E-state index is 11.4. The maximum atomic E-state index is 11.4. The molecule has 1 N–H and O–H groups in total. The number of rotatable bonds is 3. The van der Waals surface area contributed by atoms with Crippen molar-refractivity contribution in [3.8, 4) is 18.4 Å². The van der Waals surface area contributed by atoms with Gasteiger partial charge in [-0.25, -0.2) is 9.67 Å². The fraction of sp³-hybridized carbons (Fsp3) is 0.333. The summed E-state index contributed by atoms with van der Waals surface area (Å²) in [6.07, 6.45) is 6.33. The van der Waals surface area contributed by atoms with Gasteiger partial charge in [0.05, 0.1) is 6.54 Å². The third-order valence-electron chi connectivity index (χ3n) is 1.75. The number of aromatic nitrogens is 3. The predicted molar refractivity (Wildman–Crippen MR) is 51.3 cm³/mol. The van der Waals surface area contributed by atoms with Crippen molar-refractivity contribution in [1.29, 1.82) is 5.26 Å². The zero-order valence-corrected chi connectivity index (χ0v) is 8.14. The van der Waals surface area contributed by atoms with E-state index in [-0.39, 0.29) is 18.3 Å². The van der Waals surface area contributed by atoms with Crippen molar-refractivity contribution >= 4 is 5.91 Å². The first-order chi connectivity index (χ1) is 7.19. The normalized spacial score (nSPS) is 11.1. The molecule has 0 aliphatic rings. The van der Waals surface area contributed by atoms with E-state index in [0.717, 1.165) is 0 Å². The minimum Gasteiger partial charge on any atom is -0.343 e. The summed E-state index contributed by atoms with van der Waals surface area (Å²) >= 11 is 0.